The summed E-state index contributed by atoms with van der Waals surface area (Å²) in [5.41, 5.74) is 0. The van der Waals surface area contributed by atoms with Crippen molar-refractivity contribution in [3.63, 3.8) is 0 Å². The van der Waals surface area contributed by atoms with Crippen LogP contribution >= 0.6 is 0 Å². The van der Waals surface area contributed by atoms with Crippen LogP contribution in [0.4, 0.5) is 0 Å². The van der Waals surface area contributed by atoms with Gasteiger partial charge < -0.3 is 40.3 Å². The number of rotatable bonds is 34. The van der Waals surface area contributed by atoms with Gasteiger partial charge >= 0.3 is 0 Å². The molecule has 0 aromatic carbocycles. The fourth-order valence-corrected chi connectivity index (χ4v) is 6.68. The third-order valence-corrected chi connectivity index (χ3v) is 10.1. The van der Waals surface area contributed by atoms with Gasteiger partial charge in [0.15, 0.2) is 6.29 Å². The fraction of sp³-hybridized carbons (Fsp3) is 0.927. The predicted molar refractivity (Wildman–Crippen MR) is 203 cm³/mol. The maximum atomic E-state index is 12.9. The predicted octanol–water partition coefficient (Wildman–Crippen LogP) is 7.78. The van der Waals surface area contributed by atoms with E-state index in [4.69, 9.17) is 9.47 Å². The van der Waals surface area contributed by atoms with Crippen LogP contribution in [0.25, 0.3) is 0 Å². The zero-order valence-electron chi connectivity index (χ0n) is 32.2. The average Bonchev–Trinajstić information content (AvgIpc) is 3.11. The van der Waals surface area contributed by atoms with Crippen molar-refractivity contribution < 1.29 is 39.8 Å². The van der Waals surface area contributed by atoms with Crippen LogP contribution in [0, 0.1) is 0 Å². The van der Waals surface area contributed by atoms with Gasteiger partial charge in [0.2, 0.25) is 5.91 Å². The molecule has 296 valence electrons. The topological polar surface area (TPSA) is 149 Å². The van der Waals surface area contributed by atoms with Crippen molar-refractivity contribution in [3.8, 4) is 0 Å². The minimum atomic E-state index is -1.55. The van der Waals surface area contributed by atoms with Crippen LogP contribution in [0.15, 0.2) is 12.2 Å². The molecular formula is C41H79NO8. The van der Waals surface area contributed by atoms with Crippen LogP contribution < -0.4 is 5.32 Å². The lowest BCUT2D eigenvalue weighted by atomic mass is 9.99. The molecule has 9 heteroatoms. The van der Waals surface area contributed by atoms with E-state index in [9.17, 15) is 30.3 Å². The summed E-state index contributed by atoms with van der Waals surface area (Å²) in [4.78, 5) is 12.9. The second-order valence-corrected chi connectivity index (χ2v) is 14.8. The van der Waals surface area contributed by atoms with Crippen LogP contribution in [0.5, 0.6) is 0 Å². The molecule has 0 radical (unpaired) electrons. The second-order valence-electron chi connectivity index (χ2n) is 14.8. The van der Waals surface area contributed by atoms with Crippen molar-refractivity contribution >= 4 is 5.91 Å². The lowest BCUT2D eigenvalue weighted by molar-refractivity contribution is -0.302. The van der Waals surface area contributed by atoms with Gasteiger partial charge in [-0.25, -0.2) is 0 Å². The summed E-state index contributed by atoms with van der Waals surface area (Å²) in [6.45, 7) is 3.80. The minimum absolute atomic E-state index is 0.137. The summed E-state index contributed by atoms with van der Waals surface area (Å²) in [6, 6.07) is -0.715. The molecule has 0 aromatic rings. The third kappa shape index (κ3) is 23.5. The van der Waals surface area contributed by atoms with Crippen molar-refractivity contribution in [2.24, 2.45) is 0 Å². The van der Waals surface area contributed by atoms with E-state index in [2.05, 4.69) is 31.3 Å². The largest absolute Gasteiger partial charge is 0.394 e. The lowest BCUT2D eigenvalue weighted by Gasteiger charge is -2.40. The van der Waals surface area contributed by atoms with Crippen molar-refractivity contribution in [2.45, 2.75) is 230 Å². The smallest absolute Gasteiger partial charge is 0.220 e. The summed E-state index contributed by atoms with van der Waals surface area (Å²) in [5.74, 6) is -0.151. The fourth-order valence-electron chi connectivity index (χ4n) is 6.68. The first-order valence-corrected chi connectivity index (χ1v) is 20.9. The zero-order valence-corrected chi connectivity index (χ0v) is 32.2. The summed E-state index contributed by atoms with van der Waals surface area (Å²) in [6.07, 6.45) is 27.9. The number of hydrogen-bond acceptors (Lipinski definition) is 8. The highest BCUT2D eigenvalue weighted by molar-refractivity contribution is 5.76. The molecule has 1 saturated heterocycles. The van der Waals surface area contributed by atoms with E-state index in [-0.39, 0.29) is 12.5 Å². The number of nitrogens with one attached hydrogen (secondary N) is 1. The summed E-state index contributed by atoms with van der Waals surface area (Å²) in [7, 11) is 0. The second kappa shape index (κ2) is 32.6. The van der Waals surface area contributed by atoms with Crippen molar-refractivity contribution in [1.29, 1.82) is 0 Å². The molecule has 2 unspecified atom stereocenters. The molecule has 0 spiro atoms. The van der Waals surface area contributed by atoms with Crippen molar-refractivity contribution in [1.82, 2.24) is 5.32 Å². The molecule has 9 nitrogen and oxygen atoms in total. The maximum absolute atomic E-state index is 12.9. The van der Waals surface area contributed by atoms with Gasteiger partial charge in [-0.15, -0.1) is 0 Å². The van der Waals surface area contributed by atoms with E-state index in [1.807, 2.05) is 0 Å². The molecular weight excluding hydrogens is 634 g/mol. The maximum Gasteiger partial charge on any atom is 0.220 e. The lowest BCUT2D eigenvalue weighted by Crippen LogP contribution is -2.60. The standard InChI is InChI=1S/C41H79NO8/c1-3-5-7-9-11-13-15-16-17-18-19-20-21-23-25-27-29-31-37(45)42-34(33-49-41-40(48)39(47)38(46)36(32-43)50-41)35(44)30-28-26-24-22-14-12-10-8-6-4-2/h16-17,34-36,38-41,43-44,46-48H,3-15,18-33H2,1-2H3,(H,42,45)/b17-16+/t34-,35+,36-,38-,39?,40?,41-/m0/s1. The van der Waals surface area contributed by atoms with E-state index in [1.54, 1.807) is 0 Å². The number of carbonyl (C=O) groups excluding carboxylic acids is 1. The zero-order chi connectivity index (χ0) is 36.7. The Bertz CT molecular complexity index is 797. The highest BCUT2D eigenvalue weighted by Crippen LogP contribution is 2.23. The molecule has 0 aromatic heterocycles. The molecule has 7 atom stereocenters. The monoisotopic (exact) mass is 714 g/mol. The molecule has 1 rings (SSSR count). The highest BCUT2D eigenvalue weighted by Gasteiger charge is 2.44. The van der Waals surface area contributed by atoms with Gasteiger partial charge in [-0.2, -0.15) is 0 Å². The van der Waals surface area contributed by atoms with E-state index in [0.717, 1.165) is 38.5 Å². The van der Waals surface area contributed by atoms with Gasteiger partial charge in [0.1, 0.15) is 24.4 Å². The number of allylic oxidation sites excluding steroid dienone is 2. The van der Waals surface area contributed by atoms with Gasteiger partial charge in [-0.05, 0) is 38.5 Å². The van der Waals surface area contributed by atoms with E-state index in [0.29, 0.717) is 12.8 Å². The van der Waals surface area contributed by atoms with Crippen LogP contribution in [0.3, 0.4) is 0 Å². The summed E-state index contributed by atoms with van der Waals surface area (Å²) >= 11 is 0. The van der Waals surface area contributed by atoms with Gasteiger partial charge in [-0.3, -0.25) is 4.79 Å². The van der Waals surface area contributed by atoms with Gasteiger partial charge in [-0.1, -0.05) is 154 Å². The first-order valence-electron chi connectivity index (χ1n) is 20.9. The Balaban J connectivity index is 2.35. The highest BCUT2D eigenvalue weighted by atomic mass is 16.7. The van der Waals surface area contributed by atoms with Gasteiger partial charge in [0, 0.05) is 6.42 Å². The first-order chi connectivity index (χ1) is 24.3. The molecule has 1 heterocycles. The Morgan fingerprint density at radius 1 is 0.660 bits per heavy atom. The average molecular weight is 714 g/mol. The van der Waals surface area contributed by atoms with Crippen molar-refractivity contribution in [3.05, 3.63) is 12.2 Å². The normalized spacial score (nSPS) is 22.3. The molecule has 0 aliphatic carbocycles. The molecule has 1 aliphatic heterocycles. The number of aliphatic hydroxyl groups is 5. The molecule has 50 heavy (non-hydrogen) atoms. The molecule has 0 bridgehead atoms. The van der Waals surface area contributed by atoms with Crippen LogP contribution in [0.2, 0.25) is 0 Å². The van der Waals surface area contributed by atoms with Gasteiger partial charge in [0.05, 0.1) is 25.4 Å². The van der Waals surface area contributed by atoms with E-state index < -0.39 is 49.5 Å². The number of unbranched alkanes of at least 4 members (excludes halogenated alkanes) is 22. The van der Waals surface area contributed by atoms with Crippen LogP contribution in [-0.4, -0.2) is 87.5 Å². The molecule has 0 saturated carbocycles. The number of hydrogen-bond donors (Lipinski definition) is 6. The number of carbonyl (C=O) groups is 1. The summed E-state index contributed by atoms with van der Waals surface area (Å²) in [5, 5.41) is 54.1. The summed E-state index contributed by atoms with van der Waals surface area (Å²) < 4.78 is 11.2. The Labute approximate surface area is 306 Å². The molecule has 6 N–H and O–H groups in total. The number of ether oxygens (including phenoxy) is 2. The minimum Gasteiger partial charge on any atom is -0.394 e. The molecule has 1 fully saturated rings. The Morgan fingerprint density at radius 2 is 1.12 bits per heavy atom. The van der Waals surface area contributed by atoms with Crippen LogP contribution in [0.1, 0.15) is 187 Å². The van der Waals surface area contributed by atoms with Crippen molar-refractivity contribution in [2.75, 3.05) is 13.2 Å². The van der Waals surface area contributed by atoms with Gasteiger partial charge in [0.25, 0.3) is 0 Å². The molecule has 1 amide bonds. The quantitative estimate of drug-likeness (QED) is 0.0293. The Morgan fingerprint density at radius 3 is 1.62 bits per heavy atom. The van der Waals surface area contributed by atoms with E-state index >= 15 is 0 Å². The SMILES string of the molecule is CCCCCCCC/C=C/CCCCCCCCCC(=O)N[C@@H](CO[C@H]1O[C@@H](CO)[C@H](O)C(O)C1O)[C@H](O)CCCCCCCCCCCC. The third-order valence-electron chi connectivity index (χ3n) is 10.1. The number of amides is 1. The van der Waals surface area contributed by atoms with Crippen LogP contribution in [-0.2, 0) is 14.3 Å². The first kappa shape index (κ1) is 47.0. The number of aliphatic hydroxyl groups excluding tert-OH is 5. The Kier molecular flexibility index (Phi) is 30.6. The molecule has 1 aliphatic rings. The Hall–Kier alpha value is -1.07. The van der Waals surface area contributed by atoms with E-state index in [1.165, 1.54) is 122 Å².